The van der Waals surface area contributed by atoms with Crippen LogP contribution in [0.1, 0.15) is 24.6 Å². The van der Waals surface area contributed by atoms with Crippen LogP contribution in [0.5, 0.6) is 0 Å². The Morgan fingerprint density at radius 3 is 2.26 bits per heavy atom. The van der Waals surface area contributed by atoms with Crippen LogP contribution in [-0.2, 0) is 5.75 Å². The molecule has 0 fully saturated rings. The standard InChI is InChI=1S/C22H23F2N9S/c1-13(32(2)3)19-30-31-22(33(19)17-10-6-15(24)7-11-17)34-12-18-27-20(25)29-21(28-18)26-16-8-4-14(23)5-9-16/h4-11,13H,12H2,1-3H3,(H3,25,26,27,28,29). The van der Waals surface area contributed by atoms with Gasteiger partial charge in [0.15, 0.2) is 11.0 Å². The molecule has 0 aliphatic carbocycles. The highest BCUT2D eigenvalue weighted by atomic mass is 32.2. The minimum Gasteiger partial charge on any atom is -0.368 e. The number of benzene rings is 2. The van der Waals surface area contributed by atoms with Crippen LogP contribution in [0.3, 0.4) is 0 Å². The van der Waals surface area contributed by atoms with Crippen molar-refractivity contribution >= 4 is 29.3 Å². The van der Waals surface area contributed by atoms with E-state index in [1.165, 1.54) is 36.0 Å². The number of hydrogen-bond acceptors (Lipinski definition) is 9. The number of hydrogen-bond donors (Lipinski definition) is 2. The number of nitrogens with zero attached hydrogens (tertiary/aromatic N) is 7. The van der Waals surface area contributed by atoms with Crippen molar-refractivity contribution in [2.75, 3.05) is 25.1 Å². The van der Waals surface area contributed by atoms with Crippen LogP contribution in [0.15, 0.2) is 53.7 Å². The maximum absolute atomic E-state index is 13.5. The number of rotatable bonds is 8. The van der Waals surface area contributed by atoms with Gasteiger partial charge in [-0.2, -0.15) is 15.0 Å². The van der Waals surface area contributed by atoms with E-state index < -0.39 is 0 Å². The van der Waals surface area contributed by atoms with Crippen LogP contribution in [0.25, 0.3) is 5.69 Å². The molecule has 3 N–H and O–H groups in total. The molecular formula is C22H23F2N9S. The maximum Gasteiger partial charge on any atom is 0.232 e. The molecule has 176 valence electrons. The lowest BCUT2D eigenvalue weighted by molar-refractivity contribution is 0.305. The van der Waals surface area contributed by atoms with E-state index in [4.69, 9.17) is 5.73 Å². The van der Waals surface area contributed by atoms with Gasteiger partial charge in [-0.05, 0) is 69.6 Å². The normalized spacial score (nSPS) is 12.2. The topological polar surface area (TPSA) is 111 Å². The monoisotopic (exact) mass is 483 g/mol. The molecule has 9 nitrogen and oxygen atoms in total. The van der Waals surface area contributed by atoms with Crippen molar-refractivity contribution < 1.29 is 8.78 Å². The van der Waals surface area contributed by atoms with E-state index >= 15 is 0 Å². The molecule has 34 heavy (non-hydrogen) atoms. The first-order valence-corrected chi connectivity index (χ1v) is 11.3. The molecule has 0 saturated heterocycles. The quantitative estimate of drug-likeness (QED) is 0.360. The first-order chi connectivity index (χ1) is 16.3. The van der Waals surface area contributed by atoms with Gasteiger partial charge in [0.05, 0.1) is 11.8 Å². The summed E-state index contributed by atoms with van der Waals surface area (Å²) in [7, 11) is 3.90. The molecule has 0 radical (unpaired) electrons. The summed E-state index contributed by atoms with van der Waals surface area (Å²) in [5.41, 5.74) is 7.23. The molecule has 0 aliphatic rings. The van der Waals surface area contributed by atoms with Gasteiger partial charge in [0.2, 0.25) is 11.9 Å². The van der Waals surface area contributed by atoms with Gasteiger partial charge in [-0.15, -0.1) is 10.2 Å². The predicted octanol–water partition coefficient (Wildman–Crippen LogP) is 3.97. The molecule has 4 rings (SSSR count). The zero-order valence-corrected chi connectivity index (χ0v) is 19.6. The smallest absolute Gasteiger partial charge is 0.232 e. The summed E-state index contributed by atoms with van der Waals surface area (Å²) in [4.78, 5) is 14.7. The molecule has 4 aromatic rings. The van der Waals surface area contributed by atoms with Crippen molar-refractivity contribution in [3.8, 4) is 5.69 Å². The Morgan fingerprint density at radius 2 is 1.62 bits per heavy atom. The van der Waals surface area contributed by atoms with E-state index in [9.17, 15) is 8.78 Å². The molecular weight excluding hydrogens is 460 g/mol. The highest BCUT2D eigenvalue weighted by molar-refractivity contribution is 7.98. The van der Waals surface area contributed by atoms with Crippen LogP contribution in [0.2, 0.25) is 0 Å². The molecule has 0 aliphatic heterocycles. The van der Waals surface area contributed by atoms with Crippen molar-refractivity contribution in [3.05, 3.63) is 71.8 Å². The van der Waals surface area contributed by atoms with Crippen molar-refractivity contribution in [2.45, 2.75) is 23.9 Å². The van der Waals surface area contributed by atoms with E-state index in [1.54, 1.807) is 24.3 Å². The maximum atomic E-state index is 13.5. The summed E-state index contributed by atoms with van der Waals surface area (Å²) in [6.45, 7) is 2.01. The molecule has 0 saturated carbocycles. The van der Waals surface area contributed by atoms with Gasteiger partial charge in [0.1, 0.15) is 17.5 Å². The Kier molecular flexibility index (Phi) is 6.98. The van der Waals surface area contributed by atoms with Crippen molar-refractivity contribution in [2.24, 2.45) is 0 Å². The molecule has 12 heteroatoms. The van der Waals surface area contributed by atoms with Gasteiger partial charge in [0, 0.05) is 11.4 Å². The minimum absolute atomic E-state index is 0.0359. The molecule has 0 amide bonds. The lowest BCUT2D eigenvalue weighted by Gasteiger charge is -2.20. The van der Waals surface area contributed by atoms with Gasteiger partial charge in [-0.3, -0.25) is 9.47 Å². The van der Waals surface area contributed by atoms with Crippen LogP contribution >= 0.6 is 11.8 Å². The van der Waals surface area contributed by atoms with E-state index in [-0.39, 0.29) is 29.6 Å². The second kappa shape index (κ2) is 10.1. The highest BCUT2D eigenvalue weighted by Crippen LogP contribution is 2.28. The average Bonchev–Trinajstić information content (AvgIpc) is 3.22. The van der Waals surface area contributed by atoms with Crippen molar-refractivity contribution in [3.63, 3.8) is 0 Å². The Morgan fingerprint density at radius 1 is 0.971 bits per heavy atom. The lowest BCUT2D eigenvalue weighted by Crippen LogP contribution is -2.20. The van der Waals surface area contributed by atoms with E-state index in [0.29, 0.717) is 28.2 Å². The third kappa shape index (κ3) is 5.46. The van der Waals surface area contributed by atoms with E-state index in [1.807, 2.05) is 30.5 Å². The highest BCUT2D eigenvalue weighted by Gasteiger charge is 2.21. The summed E-state index contributed by atoms with van der Waals surface area (Å²) in [6, 6.07) is 11.9. The summed E-state index contributed by atoms with van der Waals surface area (Å²) in [5, 5.41) is 12.3. The number of halogens is 2. The first kappa shape index (κ1) is 23.5. The molecule has 1 atom stereocenters. The first-order valence-electron chi connectivity index (χ1n) is 10.3. The fourth-order valence-corrected chi connectivity index (χ4v) is 3.87. The Hall–Kier alpha value is -3.64. The second-order valence-electron chi connectivity index (χ2n) is 7.65. The number of aromatic nitrogens is 6. The van der Waals surface area contributed by atoms with Gasteiger partial charge >= 0.3 is 0 Å². The number of nitrogens with two attached hydrogens (primary N) is 1. The van der Waals surface area contributed by atoms with Gasteiger partial charge < -0.3 is 11.1 Å². The molecule has 2 aromatic heterocycles. The predicted molar refractivity (Wildman–Crippen MR) is 127 cm³/mol. The van der Waals surface area contributed by atoms with Gasteiger partial charge in [0.25, 0.3) is 0 Å². The second-order valence-corrected chi connectivity index (χ2v) is 8.59. The van der Waals surface area contributed by atoms with Crippen LogP contribution in [0, 0.1) is 11.6 Å². The van der Waals surface area contributed by atoms with E-state index in [0.717, 1.165) is 5.69 Å². The van der Waals surface area contributed by atoms with Gasteiger partial charge in [-0.1, -0.05) is 11.8 Å². The molecule has 2 heterocycles. The Bertz CT molecular complexity index is 1260. The zero-order chi connectivity index (χ0) is 24.2. The molecule has 1 unspecified atom stereocenters. The zero-order valence-electron chi connectivity index (χ0n) is 18.8. The SMILES string of the molecule is CC(c1nnc(SCc2nc(N)nc(Nc3ccc(F)cc3)n2)n1-c1ccc(F)cc1)N(C)C. The third-order valence-corrected chi connectivity index (χ3v) is 5.95. The summed E-state index contributed by atoms with van der Waals surface area (Å²) < 4.78 is 28.6. The van der Waals surface area contributed by atoms with Crippen LogP contribution in [0.4, 0.5) is 26.4 Å². The summed E-state index contributed by atoms with van der Waals surface area (Å²) in [5.74, 6) is 1.11. The fourth-order valence-electron chi connectivity index (χ4n) is 3.06. The van der Waals surface area contributed by atoms with Crippen LogP contribution < -0.4 is 11.1 Å². The number of nitrogens with one attached hydrogen (secondary N) is 1. The Labute approximate surface area is 199 Å². The number of nitrogen functional groups attached to an aromatic ring is 1. The third-order valence-electron chi connectivity index (χ3n) is 5.02. The molecule has 2 aromatic carbocycles. The lowest BCUT2D eigenvalue weighted by atomic mass is 10.2. The summed E-state index contributed by atoms with van der Waals surface area (Å²) in [6.07, 6.45) is 0. The van der Waals surface area contributed by atoms with Crippen molar-refractivity contribution in [1.29, 1.82) is 0 Å². The molecule has 0 spiro atoms. The average molecular weight is 484 g/mol. The number of thioether (sulfide) groups is 1. The number of anilines is 3. The largest absolute Gasteiger partial charge is 0.368 e. The molecule has 0 bridgehead atoms. The van der Waals surface area contributed by atoms with Gasteiger partial charge in [-0.25, -0.2) is 8.78 Å². The fraction of sp³-hybridized carbons (Fsp3) is 0.227. The van der Waals surface area contributed by atoms with E-state index in [2.05, 4.69) is 30.5 Å². The summed E-state index contributed by atoms with van der Waals surface area (Å²) >= 11 is 1.37. The van der Waals surface area contributed by atoms with Crippen LogP contribution in [-0.4, -0.2) is 48.7 Å². The Balaban J connectivity index is 1.59. The van der Waals surface area contributed by atoms with Crippen molar-refractivity contribution in [1.82, 2.24) is 34.6 Å². The minimum atomic E-state index is -0.342.